The van der Waals surface area contributed by atoms with Crippen LogP contribution >= 0.6 is 0 Å². The molecule has 2 fully saturated rings. The third-order valence-corrected chi connectivity index (χ3v) is 5.35. The molecule has 29 heavy (non-hydrogen) atoms. The molecule has 0 radical (unpaired) electrons. The summed E-state index contributed by atoms with van der Waals surface area (Å²) in [6, 6.07) is 10.4. The highest BCUT2D eigenvalue weighted by atomic mass is 16.5. The van der Waals surface area contributed by atoms with Crippen molar-refractivity contribution in [1.29, 1.82) is 0 Å². The summed E-state index contributed by atoms with van der Waals surface area (Å²) in [6.45, 7) is 5.32. The zero-order chi connectivity index (χ0) is 19.5. The van der Waals surface area contributed by atoms with E-state index < -0.39 is 0 Å². The Hall–Kier alpha value is -2.91. The molecule has 0 spiro atoms. The van der Waals surface area contributed by atoms with Gasteiger partial charge in [-0.1, -0.05) is 6.07 Å². The predicted octanol–water partition coefficient (Wildman–Crippen LogP) is 1.87. The lowest BCUT2D eigenvalue weighted by Crippen LogP contribution is -2.38. The molecule has 152 valence electrons. The number of nitrogens with zero attached hydrogens (tertiary/aromatic N) is 5. The number of hydrogen-bond donors (Lipinski definition) is 3. The van der Waals surface area contributed by atoms with Gasteiger partial charge in [0.15, 0.2) is 5.65 Å². The van der Waals surface area contributed by atoms with Crippen molar-refractivity contribution in [2.24, 2.45) is 0 Å². The molecule has 2 aliphatic heterocycles. The molecule has 3 N–H and O–H groups in total. The Bertz CT molecular complexity index is 945. The van der Waals surface area contributed by atoms with Gasteiger partial charge in [-0.05, 0) is 43.7 Å². The Kier molecular flexibility index (Phi) is 5.14. The highest BCUT2D eigenvalue weighted by Gasteiger charge is 2.15. The summed E-state index contributed by atoms with van der Waals surface area (Å²) in [5.74, 6) is 2.48. The molecule has 2 aliphatic rings. The number of piperidine rings is 1. The Morgan fingerprint density at radius 3 is 2.86 bits per heavy atom. The third kappa shape index (κ3) is 4.10. The van der Waals surface area contributed by atoms with Gasteiger partial charge in [0.1, 0.15) is 11.6 Å². The lowest BCUT2D eigenvalue weighted by atomic mass is 10.1. The van der Waals surface area contributed by atoms with Crippen LogP contribution in [0.5, 0.6) is 0 Å². The van der Waals surface area contributed by atoms with E-state index in [-0.39, 0.29) is 0 Å². The Morgan fingerprint density at radius 1 is 1.14 bits per heavy atom. The molecular formula is C20H26N8O. The first-order valence-electron chi connectivity index (χ1n) is 10.2. The van der Waals surface area contributed by atoms with E-state index in [1.807, 2.05) is 41.0 Å². The van der Waals surface area contributed by atoms with Crippen molar-refractivity contribution in [2.75, 3.05) is 54.9 Å². The van der Waals surface area contributed by atoms with Crippen LogP contribution in [0.15, 0.2) is 36.5 Å². The summed E-state index contributed by atoms with van der Waals surface area (Å²) < 4.78 is 7.25. The SMILES string of the molecule is c1cc(N[C@@H]2CCCNC2)n2nc(Nc3ccc(N4CCOCC4)nc3)nc2c1. The molecule has 0 aromatic carbocycles. The highest BCUT2D eigenvalue weighted by molar-refractivity contribution is 5.59. The molecule has 2 saturated heterocycles. The molecule has 0 saturated carbocycles. The fourth-order valence-corrected chi connectivity index (χ4v) is 3.82. The van der Waals surface area contributed by atoms with Crippen molar-refractivity contribution in [1.82, 2.24) is 24.9 Å². The zero-order valence-electron chi connectivity index (χ0n) is 16.3. The Labute approximate surface area is 169 Å². The minimum absolute atomic E-state index is 0.409. The molecule has 0 amide bonds. The van der Waals surface area contributed by atoms with E-state index in [0.717, 1.165) is 68.8 Å². The largest absolute Gasteiger partial charge is 0.378 e. The van der Waals surface area contributed by atoms with Crippen LogP contribution in [0, 0.1) is 0 Å². The number of anilines is 4. The number of aromatic nitrogens is 4. The molecule has 0 unspecified atom stereocenters. The van der Waals surface area contributed by atoms with Gasteiger partial charge in [0.05, 0.1) is 25.1 Å². The minimum atomic E-state index is 0.409. The maximum absolute atomic E-state index is 5.40. The summed E-state index contributed by atoms with van der Waals surface area (Å²) in [6.07, 6.45) is 4.17. The second-order valence-electron chi connectivity index (χ2n) is 7.43. The van der Waals surface area contributed by atoms with Crippen LogP contribution < -0.4 is 20.9 Å². The van der Waals surface area contributed by atoms with Crippen LogP contribution in [0.1, 0.15) is 12.8 Å². The summed E-state index contributed by atoms with van der Waals surface area (Å²) in [5.41, 5.74) is 1.67. The van der Waals surface area contributed by atoms with E-state index in [2.05, 4.69) is 35.9 Å². The normalized spacial score (nSPS) is 20.0. The lowest BCUT2D eigenvalue weighted by molar-refractivity contribution is 0.122. The van der Waals surface area contributed by atoms with Crippen LogP contribution in [0.3, 0.4) is 0 Å². The fourth-order valence-electron chi connectivity index (χ4n) is 3.82. The van der Waals surface area contributed by atoms with E-state index in [0.29, 0.717) is 12.0 Å². The van der Waals surface area contributed by atoms with E-state index in [1.54, 1.807) is 0 Å². The second-order valence-corrected chi connectivity index (χ2v) is 7.43. The number of pyridine rings is 2. The first-order valence-corrected chi connectivity index (χ1v) is 10.2. The highest BCUT2D eigenvalue weighted by Crippen LogP contribution is 2.20. The maximum atomic E-state index is 5.40. The van der Waals surface area contributed by atoms with Gasteiger partial charge < -0.3 is 25.6 Å². The molecule has 9 nitrogen and oxygen atoms in total. The molecule has 1 atom stereocenters. The molecule has 0 aliphatic carbocycles. The number of ether oxygens (including phenoxy) is 1. The van der Waals surface area contributed by atoms with Gasteiger partial charge in [0.25, 0.3) is 0 Å². The van der Waals surface area contributed by atoms with Crippen LogP contribution in [-0.4, -0.2) is 65.0 Å². The van der Waals surface area contributed by atoms with E-state index >= 15 is 0 Å². The van der Waals surface area contributed by atoms with Crippen LogP contribution in [-0.2, 0) is 4.74 Å². The number of fused-ring (bicyclic) bond motifs is 1. The van der Waals surface area contributed by atoms with Crippen LogP contribution in [0.2, 0.25) is 0 Å². The average Bonchev–Trinajstić information content (AvgIpc) is 3.19. The van der Waals surface area contributed by atoms with Gasteiger partial charge in [-0.3, -0.25) is 0 Å². The van der Waals surface area contributed by atoms with Crippen LogP contribution in [0.25, 0.3) is 5.65 Å². The lowest BCUT2D eigenvalue weighted by Gasteiger charge is -2.27. The van der Waals surface area contributed by atoms with Gasteiger partial charge >= 0.3 is 0 Å². The van der Waals surface area contributed by atoms with Gasteiger partial charge in [-0.15, -0.1) is 5.10 Å². The van der Waals surface area contributed by atoms with Crippen molar-refractivity contribution in [2.45, 2.75) is 18.9 Å². The summed E-state index contributed by atoms with van der Waals surface area (Å²) >= 11 is 0. The first-order chi connectivity index (χ1) is 14.3. The summed E-state index contributed by atoms with van der Waals surface area (Å²) in [4.78, 5) is 11.4. The molecular weight excluding hydrogens is 368 g/mol. The van der Waals surface area contributed by atoms with Gasteiger partial charge in [0.2, 0.25) is 5.95 Å². The standard InChI is InChI=1S/C20H26N8O/c1-4-18(23-15-3-2-8-21-13-15)28-19(5-1)25-20(26-28)24-16-6-7-17(22-14-16)27-9-11-29-12-10-27/h1,4-7,14-15,21,23H,2-3,8-13H2,(H,24,26)/t15-/m1/s1. The monoisotopic (exact) mass is 394 g/mol. The van der Waals surface area contributed by atoms with Crippen molar-refractivity contribution in [3.05, 3.63) is 36.5 Å². The van der Waals surface area contributed by atoms with E-state index in [1.165, 1.54) is 6.42 Å². The second kappa shape index (κ2) is 8.22. The number of rotatable bonds is 5. The molecule has 9 heteroatoms. The van der Waals surface area contributed by atoms with Gasteiger partial charge in [0, 0.05) is 25.7 Å². The van der Waals surface area contributed by atoms with Crippen molar-refractivity contribution >= 4 is 28.9 Å². The zero-order valence-corrected chi connectivity index (χ0v) is 16.3. The summed E-state index contributed by atoms with van der Waals surface area (Å²) in [7, 11) is 0. The van der Waals surface area contributed by atoms with E-state index in [4.69, 9.17) is 4.74 Å². The van der Waals surface area contributed by atoms with Crippen molar-refractivity contribution in [3.8, 4) is 0 Å². The van der Waals surface area contributed by atoms with E-state index in [9.17, 15) is 0 Å². The Morgan fingerprint density at radius 2 is 2.07 bits per heavy atom. The molecule has 3 aromatic heterocycles. The summed E-state index contributed by atoms with van der Waals surface area (Å²) in [5, 5.41) is 14.9. The van der Waals surface area contributed by atoms with Crippen molar-refractivity contribution < 1.29 is 4.74 Å². The van der Waals surface area contributed by atoms with Gasteiger partial charge in [-0.25, -0.2) is 4.98 Å². The minimum Gasteiger partial charge on any atom is -0.378 e. The smallest absolute Gasteiger partial charge is 0.247 e. The van der Waals surface area contributed by atoms with Gasteiger partial charge in [-0.2, -0.15) is 9.50 Å². The number of nitrogens with one attached hydrogen (secondary N) is 3. The van der Waals surface area contributed by atoms with Crippen molar-refractivity contribution in [3.63, 3.8) is 0 Å². The van der Waals surface area contributed by atoms with Crippen LogP contribution in [0.4, 0.5) is 23.3 Å². The average molecular weight is 394 g/mol. The third-order valence-electron chi connectivity index (χ3n) is 5.35. The Balaban J connectivity index is 1.31. The molecule has 5 rings (SSSR count). The molecule has 3 aromatic rings. The molecule has 5 heterocycles. The number of hydrogen-bond acceptors (Lipinski definition) is 8. The predicted molar refractivity (Wildman–Crippen MR) is 113 cm³/mol. The maximum Gasteiger partial charge on any atom is 0.247 e. The first kappa shape index (κ1) is 18.1. The fraction of sp³-hybridized carbons (Fsp3) is 0.450. The quantitative estimate of drug-likeness (QED) is 0.604. The number of morpholine rings is 1. The molecule has 0 bridgehead atoms. The topological polar surface area (TPSA) is 91.6 Å².